The number of benzene rings is 1. The van der Waals surface area contributed by atoms with Gasteiger partial charge in [-0.05, 0) is 43.7 Å². The fourth-order valence-corrected chi connectivity index (χ4v) is 3.90. The lowest BCUT2D eigenvalue weighted by Crippen LogP contribution is -2.55. The van der Waals surface area contributed by atoms with Crippen LogP contribution in [0.25, 0.3) is 6.08 Å². The summed E-state index contributed by atoms with van der Waals surface area (Å²) >= 11 is 0. The topological polar surface area (TPSA) is 88.1 Å². The van der Waals surface area contributed by atoms with Gasteiger partial charge in [0.05, 0.1) is 19.2 Å². The standard InChI is InChI=1S/C21H26N2O5/c1-27-18-4-2-3-14-7-15(12-28-20(14)18)21(26)22-16-8-17(9-16)23(11-19(24)25)10-13-5-6-13/h2-4,7,13,16-17H,5-6,8-12H2,1H3,(H,22,26)(H,24,25). The summed E-state index contributed by atoms with van der Waals surface area (Å²) in [7, 11) is 1.59. The van der Waals surface area contributed by atoms with Gasteiger partial charge in [0.2, 0.25) is 0 Å². The summed E-state index contributed by atoms with van der Waals surface area (Å²) in [6.07, 6.45) is 5.83. The van der Waals surface area contributed by atoms with Crippen molar-refractivity contribution in [3.63, 3.8) is 0 Å². The van der Waals surface area contributed by atoms with Crippen molar-refractivity contribution < 1.29 is 24.2 Å². The molecule has 1 aromatic carbocycles. The summed E-state index contributed by atoms with van der Waals surface area (Å²) in [5, 5.41) is 12.2. The van der Waals surface area contributed by atoms with Crippen molar-refractivity contribution in [2.24, 2.45) is 5.92 Å². The molecule has 3 aliphatic rings. The van der Waals surface area contributed by atoms with Gasteiger partial charge in [-0.25, -0.2) is 0 Å². The molecule has 0 radical (unpaired) electrons. The number of methoxy groups -OCH3 is 1. The number of ether oxygens (including phenoxy) is 2. The van der Waals surface area contributed by atoms with Crippen molar-refractivity contribution in [2.45, 2.75) is 37.8 Å². The Morgan fingerprint density at radius 1 is 1.32 bits per heavy atom. The van der Waals surface area contributed by atoms with E-state index in [-0.39, 0.29) is 31.1 Å². The van der Waals surface area contributed by atoms with E-state index >= 15 is 0 Å². The van der Waals surface area contributed by atoms with Crippen molar-refractivity contribution in [1.29, 1.82) is 0 Å². The number of carbonyl (C=O) groups excluding carboxylic acids is 1. The van der Waals surface area contributed by atoms with E-state index in [1.165, 1.54) is 12.8 Å². The van der Waals surface area contributed by atoms with Gasteiger partial charge in [-0.15, -0.1) is 0 Å². The number of carbonyl (C=O) groups is 2. The lowest BCUT2D eigenvalue weighted by atomic mass is 9.85. The van der Waals surface area contributed by atoms with Gasteiger partial charge in [0.15, 0.2) is 11.5 Å². The summed E-state index contributed by atoms with van der Waals surface area (Å²) in [6.45, 7) is 1.15. The SMILES string of the molecule is COc1cccc2c1OCC(C(=O)NC1CC(N(CC(=O)O)CC3CC3)C1)=C2. The molecule has 0 aromatic heterocycles. The van der Waals surface area contributed by atoms with E-state index in [1.54, 1.807) is 7.11 Å². The summed E-state index contributed by atoms with van der Waals surface area (Å²) in [6, 6.07) is 5.91. The quantitative estimate of drug-likeness (QED) is 0.710. The van der Waals surface area contributed by atoms with E-state index in [0.717, 1.165) is 24.9 Å². The molecule has 28 heavy (non-hydrogen) atoms. The lowest BCUT2D eigenvalue weighted by molar-refractivity contribution is -0.140. The highest BCUT2D eigenvalue weighted by Crippen LogP contribution is 2.36. The van der Waals surface area contributed by atoms with E-state index in [4.69, 9.17) is 14.6 Å². The Bertz CT molecular complexity index is 796. The van der Waals surface area contributed by atoms with Crippen LogP contribution in [-0.4, -0.2) is 60.8 Å². The molecule has 0 spiro atoms. The number of hydrogen-bond acceptors (Lipinski definition) is 5. The third-order valence-corrected chi connectivity index (χ3v) is 5.72. The van der Waals surface area contributed by atoms with Crippen LogP contribution in [0.5, 0.6) is 11.5 Å². The predicted octanol–water partition coefficient (Wildman–Crippen LogP) is 1.91. The minimum absolute atomic E-state index is 0.0828. The Morgan fingerprint density at radius 3 is 2.79 bits per heavy atom. The number of nitrogens with one attached hydrogen (secondary N) is 1. The summed E-state index contributed by atoms with van der Waals surface area (Å²) in [5.74, 6) is 1.06. The monoisotopic (exact) mass is 386 g/mol. The number of hydrogen-bond donors (Lipinski definition) is 2. The van der Waals surface area contributed by atoms with Gasteiger partial charge in [-0.1, -0.05) is 12.1 Å². The Hall–Kier alpha value is -2.54. The molecule has 7 nitrogen and oxygen atoms in total. The fourth-order valence-electron chi connectivity index (χ4n) is 3.90. The first kappa shape index (κ1) is 18.8. The molecule has 1 aromatic rings. The molecular weight excluding hydrogens is 360 g/mol. The third kappa shape index (κ3) is 4.14. The molecule has 2 aliphatic carbocycles. The summed E-state index contributed by atoms with van der Waals surface area (Å²) < 4.78 is 11.0. The lowest BCUT2D eigenvalue weighted by Gasteiger charge is -2.42. The van der Waals surface area contributed by atoms with Crippen LogP contribution in [-0.2, 0) is 9.59 Å². The Kier molecular flexibility index (Phi) is 5.26. The highest BCUT2D eigenvalue weighted by Gasteiger charge is 2.38. The third-order valence-electron chi connectivity index (χ3n) is 5.72. The molecule has 2 fully saturated rings. The molecule has 2 N–H and O–H groups in total. The van der Waals surface area contributed by atoms with Crippen LogP contribution in [0.1, 0.15) is 31.2 Å². The molecule has 1 heterocycles. The average molecular weight is 386 g/mol. The van der Waals surface area contributed by atoms with Gasteiger partial charge in [-0.3, -0.25) is 14.5 Å². The molecule has 7 heteroatoms. The first-order chi connectivity index (χ1) is 13.5. The second-order valence-electron chi connectivity index (χ2n) is 7.90. The zero-order valence-electron chi connectivity index (χ0n) is 16.0. The highest BCUT2D eigenvalue weighted by molar-refractivity contribution is 5.99. The van der Waals surface area contributed by atoms with Crippen molar-refractivity contribution in [2.75, 3.05) is 26.8 Å². The molecule has 1 aliphatic heterocycles. The summed E-state index contributed by atoms with van der Waals surface area (Å²) in [4.78, 5) is 25.8. The van der Waals surface area contributed by atoms with E-state index in [2.05, 4.69) is 10.2 Å². The zero-order valence-corrected chi connectivity index (χ0v) is 16.0. The number of fused-ring (bicyclic) bond motifs is 1. The van der Waals surface area contributed by atoms with Crippen LogP contribution in [0, 0.1) is 5.92 Å². The van der Waals surface area contributed by atoms with Crippen LogP contribution >= 0.6 is 0 Å². The number of carboxylic acid groups (broad SMARTS) is 1. The average Bonchev–Trinajstić information content (AvgIpc) is 3.46. The zero-order chi connectivity index (χ0) is 19.7. The molecule has 0 saturated heterocycles. The smallest absolute Gasteiger partial charge is 0.317 e. The van der Waals surface area contributed by atoms with E-state index in [1.807, 2.05) is 24.3 Å². The van der Waals surface area contributed by atoms with Gasteiger partial charge in [0.25, 0.3) is 5.91 Å². The van der Waals surface area contributed by atoms with Gasteiger partial charge >= 0.3 is 5.97 Å². The molecule has 4 rings (SSSR count). The van der Waals surface area contributed by atoms with Gasteiger partial charge in [0.1, 0.15) is 6.61 Å². The molecule has 2 saturated carbocycles. The van der Waals surface area contributed by atoms with Crippen molar-refractivity contribution in [3.8, 4) is 11.5 Å². The van der Waals surface area contributed by atoms with E-state index < -0.39 is 5.97 Å². The van der Waals surface area contributed by atoms with Crippen molar-refractivity contribution in [1.82, 2.24) is 10.2 Å². The first-order valence-corrected chi connectivity index (χ1v) is 9.80. The van der Waals surface area contributed by atoms with Crippen molar-refractivity contribution >= 4 is 18.0 Å². The number of nitrogens with zero attached hydrogens (tertiary/aromatic N) is 1. The first-order valence-electron chi connectivity index (χ1n) is 9.80. The van der Waals surface area contributed by atoms with Crippen LogP contribution < -0.4 is 14.8 Å². The second kappa shape index (κ2) is 7.83. The number of para-hydroxylation sites is 1. The van der Waals surface area contributed by atoms with Crippen LogP contribution in [0.2, 0.25) is 0 Å². The maximum atomic E-state index is 12.6. The molecule has 0 bridgehead atoms. The molecule has 0 unspecified atom stereocenters. The fraction of sp³-hybridized carbons (Fsp3) is 0.524. The minimum Gasteiger partial charge on any atom is -0.493 e. The van der Waals surface area contributed by atoms with Gasteiger partial charge < -0.3 is 19.9 Å². The normalized spacial score (nSPS) is 23.1. The van der Waals surface area contributed by atoms with E-state index in [9.17, 15) is 9.59 Å². The molecule has 1 amide bonds. The van der Waals surface area contributed by atoms with E-state index in [0.29, 0.717) is 23.0 Å². The Morgan fingerprint density at radius 2 is 2.11 bits per heavy atom. The van der Waals surface area contributed by atoms with Crippen molar-refractivity contribution in [3.05, 3.63) is 29.3 Å². The predicted molar refractivity (Wildman–Crippen MR) is 103 cm³/mol. The number of rotatable bonds is 8. The molecule has 0 atom stereocenters. The molecule has 150 valence electrons. The van der Waals surface area contributed by atoms with Gasteiger partial charge in [-0.2, -0.15) is 0 Å². The van der Waals surface area contributed by atoms with Crippen LogP contribution in [0.3, 0.4) is 0 Å². The Balaban J connectivity index is 1.32. The number of aliphatic carboxylic acids is 1. The highest BCUT2D eigenvalue weighted by atomic mass is 16.5. The number of amides is 1. The maximum Gasteiger partial charge on any atom is 0.317 e. The minimum atomic E-state index is -0.785. The van der Waals surface area contributed by atoms with Crippen LogP contribution in [0.15, 0.2) is 23.8 Å². The van der Waals surface area contributed by atoms with Crippen LogP contribution in [0.4, 0.5) is 0 Å². The van der Waals surface area contributed by atoms with Gasteiger partial charge in [0, 0.05) is 24.2 Å². The molecular formula is C21H26N2O5. The Labute approximate surface area is 164 Å². The maximum absolute atomic E-state index is 12.6. The second-order valence-corrected chi connectivity index (χ2v) is 7.90. The number of carboxylic acids is 1. The summed E-state index contributed by atoms with van der Waals surface area (Å²) in [5.41, 5.74) is 1.42. The largest absolute Gasteiger partial charge is 0.493 e.